The fourth-order valence-electron chi connectivity index (χ4n) is 2.68. The lowest BCUT2D eigenvalue weighted by atomic mass is 10.2. The van der Waals surface area contributed by atoms with E-state index in [1.54, 1.807) is 47.4 Å². The lowest BCUT2D eigenvalue weighted by Crippen LogP contribution is -2.47. The standard InChI is InChI=1S/C19H19N5O2/c1-23-9-11-24(12-10-23)19(26)17-4-2-3-16(22-17)18(25)21-15-7-5-14(13-20)6-8-15/h2-8H,9-12H2,1H3,(H,21,25). The van der Waals surface area contributed by atoms with Gasteiger partial charge >= 0.3 is 0 Å². The number of nitrogens with one attached hydrogen (secondary N) is 1. The van der Waals surface area contributed by atoms with E-state index in [0.717, 1.165) is 13.1 Å². The topological polar surface area (TPSA) is 89.3 Å². The third-order valence-electron chi connectivity index (χ3n) is 4.26. The predicted octanol–water partition coefficient (Wildman–Crippen LogP) is 1.59. The Labute approximate surface area is 151 Å². The highest BCUT2D eigenvalue weighted by Crippen LogP contribution is 2.12. The molecule has 7 nitrogen and oxygen atoms in total. The second-order valence-electron chi connectivity index (χ2n) is 6.15. The van der Waals surface area contributed by atoms with E-state index in [9.17, 15) is 9.59 Å². The van der Waals surface area contributed by atoms with Gasteiger partial charge in [-0.05, 0) is 43.4 Å². The van der Waals surface area contributed by atoms with Crippen molar-refractivity contribution in [2.75, 3.05) is 38.5 Å². The number of nitriles is 1. The van der Waals surface area contributed by atoms with Gasteiger partial charge in [-0.3, -0.25) is 9.59 Å². The van der Waals surface area contributed by atoms with Gasteiger partial charge in [0.2, 0.25) is 0 Å². The molecule has 0 unspecified atom stereocenters. The van der Waals surface area contributed by atoms with E-state index in [1.165, 1.54) is 0 Å². The van der Waals surface area contributed by atoms with Crippen LogP contribution in [0, 0.1) is 11.3 Å². The first-order valence-electron chi connectivity index (χ1n) is 8.33. The lowest BCUT2D eigenvalue weighted by Gasteiger charge is -2.32. The zero-order valence-electron chi connectivity index (χ0n) is 14.5. The summed E-state index contributed by atoms with van der Waals surface area (Å²) in [7, 11) is 2.02. The highest BCUT2D eigenvalue weighted by Gasteiger charge is 2.22. The fraction of sp³-hybridized carbons (Fsp3) is 0.263. The van der Waals surface area contributed by atoms with Gasteiger partial charge in [0.1, 0.15) is 11.4 Å². The Balaban J connectivity index is 1.70. The first kappa shape index (κ1) is 17.6. The number of anilines is 1. The molecule has 7 heteroatoms. The van der Waals surface area contributed by atoms with Crippen LogP contribution < -0.4 is 5.32 Å². The summed E-state index contributed by atoms with van der Waals surface area (Å²) in [6.07, 6.45) is 0. The Kier molecular flexibility index (Phi) is 5.25. The van der Waals surface area contributed by atoms with E-state index >= 15 is 0 Å². The second kappa shape index (κ2) is 7.76. The number of amides is 2. The molecule has 0 radical (unpaired) electrons. The number of aromatic nitrogens is 1. The van der Waals surface area contributed by atoms with Crippen molar-refractivity contribution >= 4 is 17.5 Å². The molecular formula is C19H19N5O2. The van der Waals surface area contributed by atoms with Crippen LogP contribution in [-0.2, 0) is 0 Å². The maximum absolute atomic E-state index is 12.6. The molecule has 0 bridgehead atoms. The summed E-state index contributed by atoms with van der Waals surface area (Å²) in [5.41, 5.74) is 1.52. The Morgan fingerprint density at radius 2 is 1.69 bits per heavy atom. The maximum Gasteiger partial charge on any atom is 0.274 e. The number of nitrogens with zero attached hydrogens (tertiary/aromatic N) is 4. The van der Waals surface area contributed by atoms with Gasteiger partial charge in [-0.2, -0.15) is 5.26 Å². The van der Waals surface area contributed by atoms with E-state index in [0.29, 0.717) is 24.3 Å². The molecule has 2 aromatic rings. The molecular weight excluding hydrogens is 330 g/mol. The Morgan fingerprint density at radius 3 is 2.35 bits per heavy atom. The van der Waals surface area contributed by atoms with E-state index < -0.39 is 5.91 Å². The Bertz CT molecular complexity index is 849. The highest BCUT2D eigenvalue weighted by molar-refractivity contribution is 6.03. The number of carbonyl (C=O) groups excluding carboxylic acids is 2. The molecule has 1 aromatic heterocycles. The smallest absolute Gasteiger partial charge is 0.274 e. The summed E-state index contributed by atoms with van der Waals surface area (Å²) in [5.74, 6) is -0.561. The number of benzene rings is 1. The monoisotopic (exact) mass is 349 g/mol. The number of piperazine rings is 1. The molecule has 1 aliphatic heterocycles. The molecule has 1 N–H and O–H groups in total. The lowest BCUT2D eigenvalue weighted by molar-refractivity contribution is 0.0658. The van der Waals surface area contributed by atoms with Crippen LogP contribution in [0.5, 0.6) is 0 Å². The fourth-order valence-corrected chi connectivity index (χ4v) is 2.68. The van der Waals surface area contributed by atoms with Crippen molar-refractivity contribution in [1.29, 1.82) is 5.26 Å². The average Bonchev–Trinajstić information content (AvgIpc) is 2.68. The number of likely N-dealkylation sites (N-methyl/N-ethyl adjacent to an activating group) is 1. The van der Waals surface area contributed by atoms with Crippen molar-refractivity contribution in [3.8, 4) is 6.07 Å². The van der Waals surface area contributed by atoms with Crippen LogP contribution in [0.1, 0.15) is 26.5 Å². The summed E-state index contributed by atoms with van der Waals surface area (Å²) in [5, 5.41) is 11.5. The van der Waals surface area contributed by atoms with Crippen molar-refractivity contribution in [3.63, 3.8) is 0 Å². The van der Waals surface area contributed by atoms with Gasteiger partial charge in [-0.25, -0.2) is 4.98 Å². The minimum atomic E-state index is -0.400. The molecule has 0 aliphatic carbocycles. The zero-order valence-corrected chi connectivity index (χ0v) is 14.5. The predicted molar refractivity (Wildman–Crippen MR) is 96.7 cm³/mol. The molecule has 0 saturated carbocycles. The normalized spacial score (nSPS) is 14.5. The molecule has 1 fully saturated rings. The van der Waals surface area contributed by atoms with Gasteiger partial charge in [0.15, 0.2) is 0 Å². The van der Waals surface area contributed by atoms with Gasteiger partial charge in [0.25, 0.3) is 11.8 Å². The van der Waals surface area contributed by atoms with Crippen molar-refractivity contribution in [2.24, 2.45) is 0 Å². The number of hydrogen-bond donors (Lipinski definition) is 1. The molecule has 0 atom stereocenters. The van der Waals surface area contributed by atoms with Gasteiger partial charge in [0.05, 0.1) is 11.6 Å². The van der Waals surface area contributed by atoms with Crippen LogP contribution in [0.3, 0.4) is 0 Å². The highest BCUT2D eigenvalue weighted by atomic mass is 16.2. The molecule has 132 valence electrons. The summed E-state index contributed by atoms with van der Waals surface area (Å²) < 4.78 is 0. The SMILES string of the molecule is CN1CCN(C(=O)c2cccc(C(=O)Nc3ccc(C#N)cc3)n2)CC1. The van der Waals surface area contributed by atoms with Gasteiger partial charge in [-0.15, -0.1) is 0 Å². The maximum atomic E-state index is 12.6. The van der Waals surface area contributed by atoms with Crippen molar-refractivity contribution in [3.05, 3.63) is 59.4 Å². The van der Waals surface area contributed by atoms with Gasteiger partial charge < -0.3 is 15.1 Å². The minimum Gasteiger partial charge on any atom is -0.335 e. The second-order valence-corrected chi connectivity index (χ2v) is 6.15. The van der Waals surface area contributed by atoms with E-state index in [4.69, 9.17) is 5.26 Å². The van der Waals surface area contributed by atoms with Crippen LogP contribution in [0.25, 0.3) is 0 Å². The Morgan fingerprint density at radius 1 is 1.04 bits per heavy atom. The number of rotatable bonds is 3. The van der Waals surface area contributed by atoms with E-state index in [1.807, 2.05) is 13.1 Å². The molecule has 1 aromatic carbocycles. The third kappa shape index (κ3) is 4.05. The summed E-state index contributed by atoms with van der Waals surface area (Å²) in [4.78, 5) is 33.1. The van der Waals surface area contributed by atoms with Gasteiger partial charge in [0, 0.05) is 31.9 Å². The molecule has 2 heterocycles. The summed E-state index contributed by atoms with van der Waals surface area (Å²) >= 11 is 0. The van der Waals surface area contributed by atoms with Crippen LogP contribution in [0.15, 0.2) is 42.5 Å². The van der Waals surface area contributed by atoms with Crippen LogP contribution >= 0.6 is 0 Å². The van der Waals surface area contributed by atoms with Crippen LogP contribution in [0.4, 0.5) is 5.69 Å². The first-order chi connectivity index (χ1) is 12.6. The van der Waals surface area contributed by atoms with Crippen LogP contribution in [-0.4, -0.2) is 59.8 Å². The average molecular weight is 349 g/mol. The van der Waals surface area contributed by atoms with Gasteiger partial charge in [-0.1, -0.05) is 6.07 Å². The number of pyridine rings is 1. The molecule has 3 rings (SSSR count). The number of hydrogen-bond acceptors (Lipinski definition) is 5. The van der Waals surface area contributed by atoms with Crippen molar-refractivity contribution in [2.45, 2.75) is 0 Å². The quantitative estimate of drug-likeness (QED) is 0.909. The minimum absolute atomic E-state index is 0.161. The van der Waals surface area contributed by atoms with Crippen molar-refractivity contribution in [1.82, 2.24) is 14.8 Å². The van der Waals surface area contributed by atoms with Crippen molar-refractivity contribution < 1.29 is 9.59 Å². The Hall–Kier alpha value is -3.24. The molecule has 2 amide bonds. The summed E-state index contributed by atoms with van der Waals surface area (Å²) in [6, 6.07) is 13.4. The molecule has 1 saturated heterocycles. The largest absolute Gasteiger partial charge is 0.335 e. The third-order valence-corrected chi connectivity index (χ3v) is 4.26. The first-order valence-corrected chi connectivity index (χ1v) is 8.33. The molecule has 0 spiro atoms. The molecule has 1 aliphatic rings. The number of carbonyl (C=O) groups is 2. The van der Waals surface area contributed by atoms with E-state index in [-0.39, 0.29) is 17.3 Å². The van der Waals surface area contributed by atoms with Crippen LogP contribution in [0.2, 0.25) is 0 Å². The zero-order chi connectivity index (χ0) is 18.5. The van der Waals surface area contributed by atoms with E-state index in [2.05, 4.69) is 15.2 Å². The molecule has 26 heavy (non-hydrogen) atoms. The summed E-state index contributed by atoms with van der Waals surface area (Å²) in [6.45, 7) is 2.95.